The van der Waals surface area contributed by atoms with Gasteiger partial charge in [0.15, 0.2) is 11.6 Å². The fraction of sp³-hybridized carbons (Fsp3) is 0.429. The van der Waals surface area contributed by atoms with E-state index in [-0.39, 0.29) is 12.2 Å². The highest BCUT2D eigenvalue weighted by atomic mass is 19.4. The first-order valence-electron chi connectivity index (χ1n) is 12.2. The molecule has 7 nitrogen and oxygen atoms in total. The molecule has 0 saturated heterocycles. The van der Waals surface area contributed by atoms with Gasteiger partial charge in [0, 0.05) is 36.8 Å². The van der Waals surface area contributed by atoms with Crippen molar-refractivity contribution in [1.82, 2.24) is 5.32 Å². The molecule has 0 spiro atoms. The molecule has 0 aromatic heterocycles. The number of halogens is 3. The topological polar surface area (TPSA) is 116 Å². The minimum Gasteiger partial charge on any atom is -0.497 e. The van der Waals surface area contributed by atoms with Gasteiger partial charge in [0.25, 0.3) is 0 Å². The van der Waals surface area contributed by atoms with E-state index in [1.54, 1.807) is 36.4 Å². The molecule has 0 aliphatic carbocycles. The molecule has 3 N–H and O–H groups in total. The second-order valence-corrected chi connectivity index (χ2v) is 9.53. The molecular weight excluding hydrogens is 501 g/mol. The molecule has 10 heteroatoms. The highest BCUT2D eigenvalue weighted by molar-refractivity contribution is 5.99. The number of nitrogens with two attached hydrogens (primary N) is 1. The highest BCUT2D eigenvalue weighted by Gasteiger charge is 2.45. The molecule has 2 aromatic carbocycles. The second-order valence-electron chi connectivity index (χ2n) is 9.53. The van der Waals surface area contributed by atoms with Crippen LogP contribution in [0.5, 0.6) is 5.75 Å². The van der Waals surface area contributed by atoms with Gasteiger partial charge in [-0.15, -0.1) is 0 Å². The number of ether oxygens (including phenoxy) is 1. The lowest BCUT2D eigenvalue weighted by Gasteiger charge is -2.25. The number of amides is 1. The first kappa shape index (κ1) is 30.7. The largest absolute Gasteiger partial charge is 0.497 e. The van der Waals surface area contributed by atoms with E-state index in [0.29, 0.717) is 23.4 Å². The molecule has 0 heterocycles. The standard InChI is InChI=1S/C28H33F3N2O5/c1-16(2)22(26(36)28(29,30)31)14-24(35)25(20-9-11-21(38-4)12-10-20)33-27(37)17(3)13-23(34)19-7-5-18(15-32)6-8-19/h5-12,16-17,22,25H,13-15,32H2,1-4H3,(H,33,37)/t17-,22+,25+/m1/s1. The molecule has 2 rings (SSSR count). The van der Waals surface area contributed by atoms with Crippen LogP contribution in [0.15, 0.2) is 48.5 Å². The van der Waals surface area contributed by atoms with Crippen LogP contribution >= 0.6 is 0 Å². The van der Waals surface area contributed by atoms with E-state index in [9.17, 15) is 32.3 Å². The van der Waals surface area contributed by atoms with Gasteiger partial charge in [0.05, 0.1) is 7.11 Å². The minimum absolute atomic E-state index is 0.154. The Morgan fingerprint density at radius 2 is 1.50 bits per heavy atom. The fourth-order valence-corrected chi connectivity index (χ4v) is 3.92. The number of rotatable bonds is 13. The Balaban J connectivity index is 2.25. The molecule has 0 aliphatic heterocycles. The number of Topliss-reactive ketones (excluding diaryl/α,β-unsaturated/α-hetero) is 3. The van der Waals surface area contributed by atoms with Crippen LogP contribution in [-0.2, 0) is 20.9 Å². The third-order valence-corrected chi connectivity index (χ3v) is 6.35. The summed E-state index contributed by atoms with van der Waals surface area (Å²) in [5.74, 6) is -6.40. The third-order valence-electron chi connectivity index (χ3n) is 6.35. The average molecular weight is 535 g/mol. The van der Waals surface area contributed by atoms with E-state index in [4.69, 9.17) is 10.5 Å². The van der Waals surface area contributed by atoms with Crippen molar-refractivity contribution in [2.75, 3.05) is 7.11 Å². The van der Waals surface area contributed by atoms with Crippen molar-refractivity contribution in [1.29, 1.82) is 0 Å². The summed E-state index contributed by atoms with van der Waals surface area (Å²) in [7, 11) is 1.44. The van der Waals surface area contributed by atoms with E-state index in [0.717, 1.165) is 5.56 Å². The van der Waals surface area contributed by atoms with E-state index in [2.05, 4.69) is 5.32 Å². The normalized spacial score (nSPS) is 13.9. The number of carbonyl (C=O) groups excluding carboxylic acids is 4. The van der Waals surface area contributed by atoms with Crippen molar-refractivity contribution in [3.05, 3.63) is 65.2 Å². The van der Waals surface area contributed by atoms with Crippen LogP contribution < -0.4 is 15.8 Å². The van der Waals surface area contributed by atoms with E-state index in [1.165, 1.54) is 40.0 Å². The maximum absolute atomic E-state index is 13.3. The monoisotopic (exact) mass is 534 g/mol. The van der Waals surface area contributed by atoms with Crippen LogP contribution in [0.25, 0.3) is 0 Å². The maximum atomic E-state index is 13.3. The molecular formula is C28H33F3N2O5. The van der Waals surface area contributed by atoms with Crippen molar-refractivity contribution in [2.45, 2.75) is 52.4 Å². The zero-order valence-electron chi connectivity index (χ0n) is 21.8. The SMILES string of the molecule is COc1ccc([C@H](NC(=O)[C@H](C)CC(=O)c2ccc(CN)cc2)C(=O)C[C@H](C(=O)C(F)(F)F)C(C)C)cc1. The molecule has 1 amide bonds. The summed E-state index contributed by atoms with van der Waals surface area (Å²) in [5, 5.41) is 2.58. The summed E-state index contributed by atoms with van der Waals surface area (Å²) in [4.78, 5) is 51.0. The number of alkyl halides is 3. The van der Waals surface area contributed by atoms with Crippen molar-refractivity contribution < 1.29 is 37.1 Å². The van der Waals surface area contributed by atoms with Gasteiger partial charge in [-0.05, 0) is 29.2 Å². The predicted octanol–water partition coefficient (Wildman–Crippen LogP) is 4.58. The maximum Gasteiger partial charge on any atom is 0.450 e. The Bertz CT molecular complexity index is 1130. The zero-order chi connectivity index (χ0) is 28.6. The van der Waals surface area contributed by atoms with Gasteiger partial charge in [-0.1, -0.05) is 57.2 Å². The number of hydrogen-bond acceptors (Lipinski definition) is 6. The van der Waals surface area contributed by atoms with Gasteiger partial charge in [-0.3, -0.25) is 19.2 Å². The van der Waals surface area contributed by atoms with Crippen molar-refractivity contribution in [2.24, 2.45) is 23.5 Å². The molecule has 0 unspecified atom stereocenters. The molecule has 0 aliphatic rings. The molecule has 0 fully saturated rings. The van der Waals surface area contributed by atoms with Crippen molar-refractivity contribution >= 4 is 23.3 Å². The third kappa shape index (κ3) is 8.24. The summed E-state index contributed by atoms with van der Waals surface area (Å²) in [6.45, 7) is 4.69. The molecule has 0 saturated carbocycles. The van der Waals surface area contributed by atoms with E-state index < -0.39 is 53.9 Å². The van der Waals surface area contributed by atoms with Crippen LogP contribution in [0.2, 0.25) is 0 Å². The average Bonchev–Trinajstić information content (AvgIpc) is 2.88. The van der Waals surface area contributed by atoms with E-state index in [1.807, 2.05) is 0 Å². The van der Waals surface area contributed by atoms with Gasteiger partial charge >= 0.3 is 6.18 Å². The summed E-state index contributed by atoms with van der Waals surface area (Å²) < 4.78 is 44.6. The smallest absolute Gasteiger partial charge is 0.450 e. The molecule has 206 valence electrons. The summed E-state index contributed by atoms with van der Waals surface area (Å²) in [5.41, 5.74) is 7.12. The Labute approximate surface area is 219 Å². The fourth-order valence-electron chi connectivity index (χ4n) is 3.92. The Morgan fingerprint density at radius 3 is 1.97 bits per heavy atom. The van der Waals surface area contributed by atoms with Crippen LogP contribution in [0.4, 0.5) is 13.2 Å². The Hall–Kier alpha value is -3.53. The number of methoxy groups -OCH3 is 1. The summed E-state index contributed by atoms with van der Waals surface area (Å²) >= 11 is 0. The number of nitrogens with one attached hydrogen (secondary N) is 1. The van der Waals surface area contributed by atoms with Gasteiger partial charge in [-0.2, -0.15) is 13.2 Å². The summed E-state index contributed by atoms with van der Waals surface area (Å²) in [6.07, 6.45) is -5.96. The lowest BCUT2D eigenvalue weighted by Crippen LogP contribution is -2.40. The quantitative estimate of drug-likeness (QED) is 0.364. The Morgan fingerprint density at radius 1 is 0.921 bits per heavy atom. The van der Waals surface area contributed by atoms with Crippen LogP contribution in [0.3, 0.4) is 0 Å². The van der Waals surface area contributed by atoms with Gasteiger partial charge < -0.3 is 15.8 Å². The predicted molar refractivity (Wildman–Crippen MR) is 135 cm³/mol. The Kier molecular flexibility index (Phi) is 10.8. The van der Waals surface area contributed by atoms with Gasteiger partial charge in [-0.25, -0.2) is 0 Å². The summed E-state index contributed by atoms with van der Waals surface area (Å²) in [6, 6.07) is 11.4. The number of hydrogen-bond donors (Lipinski definition) is 2. The second kappa shape index (κ2) is 13.3. The highest BCUT2D eigenvalue weighted by Crippen LogP contribution is 2.30. The minimum atomic E-state index is -5.09. The van der Waals surface area contributed by atoms with Crippen molar-refractivity contribution in [3.8, 4) is 5.75 Å². The van der Waals surface area contributed by atoms with Gasteiger partial charge in [0.2, 0.25) is 11.7 Å². The number of ketones is 3. The number of carbonyl (C=O) groups is 4. The molecule has 38 heavy (non-hydrogen) atoms. The zero-order valence-corrected chi connectivity index (χ0v) is 21.8. The molecule has 0 bridgehead atoms. The first-order chi connectivity index (χ1) is 17.8. The number of benzene rings is 2. The van der Waals surface area contributed by atoms with Gasteiger partial charge in [0.1, 0.15) is 11.8 Å². The molecule has 0 radical (unpaired) electrons. The van der Waals surface area contributed by atoms with Crippen molar-refractivity contribution in [3.63, 3.8) is 0 Å². The molecule has 3 atom stereocenters. The lowest BCUT2D eigenvalue weighted by molar-refractivity contribution is -0.177. The van der Waals surface area contributed by atoms with Crippen LogP contribution in [0.1, 0.15) is 61.1 Å². The first-order valence-corrected chi connectivity index (χ1v) is 12.2. The lowest BCUT2D eigenvalue weighted by atomic mass is 9.84. The van der Waals surface area contributed by atoms with Crippen LogP contribution in [-0.4, -0.2) is 36.5 Å². The van der Waals surface area contributed by atoms with Crippen LogP contribution in [0, 0.1) is 17.8 Å². The molecule has 2 aromatic rings. The van der Waals surface area contributed by atoms with E-state index >= 15 is 0 Å².